The van der Waals surface area contributed by atoms with Crippen LogP contribution in [0.3, 0.4) is 0 Å². The van der Waals surface area contributed by atoms with E-state index < -0.39 is 6.04 Å². The molecule has 0 bridgehead atoms. The minimum Gasteiger partial charge on any atom is -0.340 e. The molecule has 1 N–H and O–H groups in total. The van der Waals surface area contributed by atoms with Crippen LogP contribution in [0.2, 0.25) is 5.02 Å². The molecule has 7 heteroatoms. The minimum atomic E-state index is -0.667. The molecule has 0 spiro atoms. The Morgan fingerprint density at radius 1 is 1.45 bits per heavy atom. The molecule has 0 aromatic heterocycles. The predicted molar refractivity (Wildman–Crippen MR) is 82.4 cm³/mol. The van der Waals surface area contributed by atoms with Gasteiger partial charge in [0.1, 0.15) is 6.04 Å². The molecule has 1 aromatic carbocycles. The first-order chi connectivity index (χ1) is 9.40. The van der Waals surface area contributed by atoms with E-state index in [4.69, 9.17) is 11.6 Å². The van der Waals surface area contributed by atoms with Gasteiger partial charge in [-0.3, -0.25) is 19.3 Å². The molecule has 0 radical (unpaired) electrons. The van der Waals surface area contributed by atoms with Gasteiger partial charge in [0.05, 0.1) is 5.56 Å². The van der Waals surface area contributed by atoms with E-state index in [1.165, 1.54) is 7.05 Å². The van der Waals surface area contributed by atoms with Crippen molar-refractivity contribution in [2.75, 3.05) is 7.05 Å². The lowest BCUT2D eigenvalue weighted by Gasteiger charge is -2.28. The average molecular weight is 407 g/mol. The molecule has 106 valence electrons. The Labute approximate surface area is 134 Å². The van der Waals surface area contributed by atoms with Crippen LogP contribution in [0, 0.1) is 3.57 Å². The van der Waals surface area contributed by atoms with Crippen molar-refractivity contribution in [2.24, 2.45) is 0 Å². The van der Waals surface area contributed by atoms with Crippen molar-refractivity contribution in [1.82, 2.24) is 10.2 Å². The van der Waals surface area contributed by atoms with Gasteiger partial charge >= 0.3 is 0 Å². The van der Waals surface area contributed by atoms with E-state index in [0.717, 1.165) is 8.47 Å². The van der Waals surface area contributed by atoms with Gasteiger partial charge in [0.15, 0.2) is 0 Å². The van der Waals surface area contributed by atoms with Crippen LogP contribution in [0.15, 0.2) is 18.2 Å². The van der Waals surface area contributed by atoms with Crippen molar-refractivity contribution in [3.8, 4) is 0 Å². The highest BCUT2D eigenvalue weighted by Gasteiger charge is 2.33. The maximum Gasteiger partial charge on any atom is 0.253 e. The van der Waals surface area contributed by atoms with E-state index in [2.05, 4.69) is 5.32 Å². The number of likely N-dealkylation sites (N-methyl/N-ethyl adjacent to an activating group) is 1. The topological polar surface area (TPSA) is 66.5 Å². The molecule has 1 aromatic rings. The Balaban J connectivity index is 2.14. The summed E-state index contributed by atoms with van der Waals surface area (Å²) in [5, 5.41) is 3.11. The summed E-state index contributed by atoms with van der Waals surface area (Å²) in [6.45, 7) is 0. The molecule has 1 saturated heterocycles. The first-order valence-electron chi connectivity index (χ1n) is 5.96. The number of amides is 3. The number of imide groups is 1. The normalized spacial score (nSPS) is 19.1. The highest BCUT2D eigenvalue weighted by atomic mass is 127. The Morgan fingerprint density at radius 3 is 2.85 bits per heavy atom. The Morgan fingerprint density at radius 2 is 2.15 bits per heavy atom. The van der Waals surface area contributed by atoms with Gasteiger partial charge in [-0.25, -0.2) is 0 Å². The fourth-order valence-electron chi connectivity index (χ4n) is 1.96. The van der Waals surface area contributed by atoms with Crippen LogP contribution < -0.4 is 5.32 Å². The average Bonchev–Trinajstić information content (AvgIpc) is 2.42. The number of likely N-dealkylation sites (tertiary alicyclic amines) is 1. The molecule has 0 saturated carbocycles. The Bertz CT molecular complexity index is 591. The SMILES string of the molecule is CN1C(=O)CCC(NC(=O)c2cc(Cl)ccc2I)C1=O. The minimum absolute atomic E-state index is 0.224. The number of hydrogen-bond donors (Lipinski definition) is 1. The maximum absolute atomic E-state index is 12.2. The summed E-state index contributed by atoms with van der Waals surface area (Å²) in [6, 6.07) is 4.31. The molecule has 1 aliphatic heterocycles. The second-order valence-corrected chi connectivity index (χ2v) is 6.08. The zero-order valence-corrected chi connectivity index (χ0v) is 13.6. The second kappa shape index (κ2) is 6.09. The molecule has 1 aliphatic rings. The summed E-state index contributed by atoms with van der Waals surface area (Å²) in [5.74, 6) is -0.970. The molecule has 1 fully saturated rings. The van der Waals surface area contributed by atoms with Crippen LogP contribution >= 0.6 is 34.2 Å². The predicted octanol–water partition coefficient (Wildman–Crippen LogP) is 1.82. The molecular formula is C13H12ClIN2O3. The summed E-state index contributed by atoms with van der Waals surface area (Å²) in [5.41, 5.74) is 0.422. The molecule has 1 heterocycles. The van der Waals surface area contributed by atoms with Crippen molar-refractivity contribution in [2.45, 2.75) is 18.9 Å². The van der Waals surface area contributed by atoms with Gasteiger partial charge in [-0.1, -0.05) is 11.6 Å². The van der Waals surface area contributed by atoms with Crippen molar-refractivity contribution in [3.63, 3.8) is 0 Å². The monoisotopic (exact) mass is 406 g/mol. The molecule has 3 amide bonds. The number of carbonyl (C=O) groups is 3. The first kappa shape index (κ1) is 15.2. The number of nitrogens with one attached hydrogen (secondary N) is 1. The lowest BCUT2D eigenvalue weighted by Crippen LogP contribution is -2.53. The largest absolute Gasteiger partial charge is 0.340 e. The third kappa shape index (κ3) is 3.12. The van der Waals surface area contributed by atoms with E-state index in [1.807, 2.05) is 22.6 Å². The van der Waals surface area contributed by atoms with Gasteiger partial charge < -0.3 is 5.32 Å². The highest BCUT2D eigenvalue weighted by Crippen LogP contribution is 2.19. The number of nitrogens with zero attached hydrogens (tertiary/aromatic N) is 1. The standard InChI is InChI=1S/C13H12ClIN2O3/c1-17-11(18)5-4-10(13(17)20)16-12(19)8-6-7(14)2-3-9(8)15/h2-3,6,10H,4-5H2,1H3,(H,16,19). The van der Waals surface area contributed by atoms with E-state index >= 15 is 0 Å². The van der Waals surface area contributed by atoms with Gasteiger partial charge in [0.2, 0.25) is 5.91 Å². The first-order valence-corrected chi connectivity index (χ1v) is 7.42. The molecule has 1 unspecified atom stereocenters. The molecule has 5 nitrogen and oxygen atoms in total. The Kier molecular flexibility index (Phi) is 4.64. The molecule has 0 aliphatic carbocycles. The lowest BCUT2D eigenvalue weighted by molar-refractivity contribution is -0.147. The number of benzene rings is 1. The van der Waals surface area contributed by atoms with E-state index in [-0.39, 0.29) is 24.1 Å². The van der Waals surface area contributed by atoms with Gasteiger partial charge in [0, 0.05) is 22.1 Å². The van der Waals surface area contributed by atoms with E-state index in [9.17, 15) is 14.4 Å². The van der Waals surface area contributed by atoms with Gasteiger partial charge in [-0.2, -0.15) is 0 Å². The zero-order valence-electron chi connectivity index (χ0n) is 10.7. The van der Waals surface area contributed by atoms with Crippen LogP contribution in [0.25, 0.3) is 0 Å². The maximum atomic E-state index is 12.2. The molecule has 2 rings (SSSR count). The van der Waals surface area contributed by atoms with Crippen LogP contribution in [0.4, 0.5) is 0 Å². The van der Waals surface area contributed by atoms with Crippen molar-refractivity contribution >= 4 is 51.9 Å². The summed E-state index contributed by atoms with van der Waals surface area (Å²) in [4.78, 5) is 36.5. The van der Waals surface area contributed by atoms with Crippen LogP contribution in [-0.2, 0) is 9.59 Å². The molecular weight excluding hydrogens is 395 g/mol. The number of hydrogen-bond acceptors (Lipinski definition) is 3. The third-order valence-electron chi connectivity index (χ3n) is 3.13. The van der Waals surface area contributed by atoms with Crippen LogP contribution in [0.1, 0.15) is 23.2 Å². The fourth-order valence-corrected chi connectivity index (χ4v) is 2.71. The highest BCUT2D eigenvalue weighted by molar-refractivity contribution is 14.1. The number of piperidine rings is 1. The molecule has 20 heavy (non-hydrogen) atoms. The van der Waals surface area contributed by atoms with Crippen LogP contribution in [0.5, 0.6) is 0 Å². The summed E-state index contributed by atoms with van der Waals surface area (Å²) in [7, 11) is 1.42. The van der Waals surface area contributed by atoms with Crippen molar-refractivity contribution < 1.29 is 14.4 Å². The summed E-state index contributed by atoms with van der Waals surface area (Å²) in [6.07, 6.45) is 0.574. The number of halogens is 2. The van der Waals surface area contributed by atoms with Crippen molar-refractivity contribution in [3.05, 3.63) is 32.4 Å². The molecule has 1 atom stereocenters. The van der Waals surface area contributed by atoms with Crippen molar-refractivity contribution in [1.29, 1.82) is 0 Å². The summed E-state index contributed by atoms with van der Waals surface area (Å²) >= 11 is 7.90. The smallest absolute Gasteiger partial charge is 0.253 e. The Hall–Kier alpha value is -1.15. The van der Waals surface area contributed by atoms with Gasteiger partial charge in [-0.05, 0) is 47.2 Å². The van der Waals surface area contributed by atoms with Gasteiger partial charge in [-0.15, -0.1) is 0 Å². The fraction of sp³-hybridized carbons (Fsp3) is 0.308. The van der Waals surface area contributed by atoms with Gasteiger partial charge in [0.25, 0.3) is 11.8 Å². The zero-order chi connectivity index (χ0) is 14.9. The van der Waals surface area contributed by atoms with Crippen LogP contribution in [-0.4, -0.2) is 35.7 Å². The number of carbonyl (C=O) groups excluding carboxylic acids is 3. The summed E-state index contributed by atoms with van der Waals surface area (Å²) < 4.78 is 0.747. The quantitative estimate of drug-likeness (QED) is 0.602. The van der Waals surface area contributed by atoms with E-state index in [1.54, 1.807) is 18.2 Å². The second-order valence-electron chi connectivity index (χ2n) is 4.48. The third-order valence-corrected chi connectivity index (χ3v) is 4.30. The van der Waals surface area contributed by atoms with E-state index in [0.29, 0.717) is 17.0 Å². The number of rotatable bonds is 2. The lowest BCUT2D eigenvalue weighted by atomic mass is 10.0.